The lowest BCUT2D eigenvalue weighted by Crippen LogP contribution is -2.64. The molecule has 4 aliphatic rings. The molecule has 188 valence electrons. The van der Waals surface area contributed by atoms with Gasteiger partial charge in [-0.3, -0.25) is 0 Å². The summed E-state index contributed by atoms with van der Waals surface area (Å²) in [5, 5.41) is 2.62. The fourth-order valence-corrected chi connectivity index (χ4v) is 9.23. The lowest BCUT2D eigenvalue weighted by Gasteiger charge is -2.47. The lowest BCUT2D eigenvalue weighted by atomic mass is 9.40. The number of para-hydroxylation sites is 2. The Labute approximate surface area is 242 Å². The maximum absolute atomic E-state index is 2.61. The Balaban J connectivity index is 1.35. The SMILES string of the molecule is CSc1ccc2c3c1B1c4c(cccc4N3c3cccc4c3B2n2ccc3cccc-4c32)-c2cccc3ccn1c23. The Bertz CT molecular complexity index is 2340. The predicted octanol–water partition coefficient (Wildman–Crippen LogP) is 5.68. The summed E-state index contributed by atoms with van der Waals surface area (Å²) in [5.41, 5.74) is 17.7. The normalized spacial score (nSPS) is 14.4. The Hall–Kier alpha value is -4.54. The first-order valence-electron chi connectivity index (χ1n) is 14.3. The number of nitrogens with zero attached hydrogens (tertiary/aromatic N) is 3. The minimum atomic E-state index is 0.132. The number of hydrogen-bond donors (Lipinski definition) is 0. The van der Waals surface area contributed by atoms with E-state index in [1.54, 1.807) is 0 Å². The van der Waals surface area contributed by atoms with Gasteiger partial charge in [0.25, 0.3) is 0 Å². The van der Waals surface area contributed by atoms with Crippen molar-refractivity contribution >= 4 is 86.2 Å². The second-order valence-electron chi connectivity index (χ2n) is 11.7. The monoisotopic (exact) mass is 537 g/mol. The van der Waals surface area contributed by atoms with Crippen LogP contribution in [-0.4, -0.2) is 28.9 Å². The average Bonchev–Trinajstić information content (AvgIpc) is 3.65. The Morgan fingerprint density at radius 2 is 1.10 bits per heavy atom. The maximum Gasteiger partial charge on any atom is 0.333 e. The van der Waals surface area contributed by atoms with Crippen LogP contribution in [0.4, 0.5) is 17.1 Å². The molecule has 5 aromatic carbocycles. The van der Waals surface area contributed by atoms with Crippen molar-refractivity contribution in [3.8, 4) is 22.3 Å². The van der Waals surface area contributed by atoms with Crippen molar-refractivity contribution in [3.05, 3.63) is 109 Å². The van der Waals surface area contributed by atoms with Gasteiger partial charge in [-0.05, 0) is 92.7 Å². The number of fused-ring (bicyclic) bond motifs is 8. The summed E-state index contributed by atoms with van der Waals surface area (Å²) >= 11 is 1.87. The Kier molecular flexibility index (Phi) is 3.64. The van der Waals surface area contributed by atoms with Crippen LogP contribution in [0.15, 0.2) is 114 Å². The van der Waals surface area contributed by atoms with Crippen molar-refractivity contribution in [2.75, 3.05) is 11.2 Å². The van der Waals surface area contributed by atoms with Crippen molar-refractivity contribution in [2.45, 2.75) is 4.90 Å². The number of rotatable bonds is 1. The van der Waals surface area contributed by atoms with Gasteiger partial charge in [0.05, 0.1) is 0 Å². The summed E-state index contributed by atoms with van der Waals surface area (Å²) < 4.78 is 5.09. The molecule has 0 bridgehead atoms. The first-order valence-corrected chi connectivity index (χ1v) is 15.5. The molecule has 2 aromatic heterocycles. The third kappa shape index (κ3) is 2.26. The number of aromatic nitrogens is 2. The fourth-order valence-electron chi connectivity index (χ4n) is 8.60. The highest BCUT2D eigenvalue weighted by Gasteiger charge is 2.49. The van der Waals surface area contributed by atoms with E-state index in [-0.39, 0.29) is 13.7 Å². The van der Waals surface area contributed by atoms with Crippen LogP contribution in [0.1, 0.15) is 0 Å². The van der Waals surface area contributed by atoms with Crippen molar-refractivity contribution in [1.82, 2.24) is 8.96 Å². The Morgan fingerprint density at radius 3 is 1.73 bits per heavy atom. The topological polar surface area (TPSA) is 13.1 Å². The number of benzene rings is 5. The molecule has 0 saturated carbocycles. The van der Waals surface area contributed by atoms with Crippen LogP contribution in [0.5, 0.6) is 0 Å². The summed E-state index contributed by atoms with van der Waals surface area (Å²) in [5.74, 6) is 0. The highest BCUT2D eigenvalue weighted by molar-refractivity contribution is 7.98. The second-order valence-corrected chi connectivity index (χ2v) is 12.5. The standard InChI is InChI=1S/C35H21B2N3S/c1-41-29-15-14-26-35-32(29)37-31-23(25-11-3-7-21-17-19-39(37)34(21)25)9-5-13-28(31)40(35)27-12-4-8-22-24-10-2-6-20-16-18-38(33(20)24)36(26)30(22)27/h2-19H,1H3. The minimum Gasteiger partial charge on any atom is -0.382 e. The van der Waals surface area contributed by atoms with Gasteiger partial charge in [-0.25, -0.2) is 0 Å². The first kappa shape index (κ1) is 21.2. The van der Waals surface area contributed by atoms with E-state index in [0.29, 0.717) is 0 Å². The highest BCUT2D eigenvalue weighted by atomic mass is 32.2. The zero-order valence-electron chi connectivity index (χ0n) is 22.3. The predicted molar refractivity (Wildman–Crippen MR) is 176 cm³/mol. The molecule has 6 heteroatoms. The van der Waals surface area contributed by atoms with Gasteiger partial charge >= 0.3 is 13.7 Å². The van der Waals surface area contributed by atoms with E-state index in [2.05, 4.69) is 130 Å². The molecule has 0 N–H and O–H groups in total. The Morgan fingerprint density at radius 1 is 0.537 bits per heavy atom. The molecule has 3 nitrogen and oxygen atoms in total. The van der Waals surface area contributed by atoms with E-state index in [0.717, 1.165) is 0 Å². The van der Waals surface area contributed by atoms with Crippen molar-refractivity contribution in [2.24, 2.45) is 0 Å². The number of hydrogen-bond acceptors (Lipinski definition) is 2. The van der Waals surface area contributed by atoms with E-state index in [1.807, 2.05) is 11.8 Å². The van der Waals surface area contributed by atoms with E-state index < -0.39 is 0 Å². The lowest BCUT2D eigenvalue weighted by molar-refractivity contribution is 1.20. The molecule has 0 amide bonds. The third-order valence-corrected chi connectivity index (χ3v) is 10.8. The largest absolute Gasteiger partial charge is 0.382 e. The van der Waals surface area contributed by atoms with Gasteiger partial charge in [0, 0.05) is 44.1 Å². The highest BCUT2D eigenvalue weighted by Crippen LogP contribution is 2.46. The molecule has 0 radical (unpaired) electrons. The van der Waals surface area contributed by atoms with E-state index in [9.17, 15) is 0 Å². The van der Waals surface area contributed by atoms with Crippen LogP contribution in [0.3, 0.4) is 0 Å². The molecule has 0 spiro atoms. The third-order valence-electron chi connectivity index (χ3n) is 10.0. The van der Waals surface area contributed by atoms with Crippen molar-refractivity contribution in [1.29, 1.82) is 0 Å². The molecule has 6 heterocycles. The first-order chi connectivity index (χ1) is 20.3. The van der Waals surface area contributed by atoms with Crippen LogP contribution < -0.4 is 26.8 Å². The average molecular weight is 537 g/mol. The molecule has 0 saturated heterocycles. The maximum atomic E-state index is 2.61. The number of thioether (sulfide) groups is 1. The van der Waals surface area contributed by atoms with Gasteiger partial charge in [0.15, 0.2) is 0 Å². The zero-order chi connectivity index (χ0) is 26.6. The van der Waals surface area contributed by atoms with Gasteiger partial charge in [0.2, 0.25) is 0 Å². The fraction of sp³-hybridized carbons (Fsp3) is 0.0286. The van der Waals surface area contributed by atoms with Crippen LogP contribution in [0, 0.1) is 0 Å². The van der Waals surface area contributed by atoms with Crippen LogP contribution in [-0.2, 0) is 0 Å². The quantitative estimate of drug-likeness (QED) is 0.198. The van der Waals surface area contributed by atoms with E-state index in [4.69, 9.17) is 0 Å². The molecule has 41 heavy (non-hydrogen) atoms. The van der Waals surface area contributed by atoms with Crippen LogP contribution >= 0.6 is 11.8 Å². The molecule has 0 fully saturated rings. The molecule has 7 aromatic rings. The zero-order valence-corrected chi connectivity index (χ0v) is 23.1. The molecule has 0 unspecified atom stereocenters. The van der Waals surface area contributed by atoms with Gasteiger partial charge in [-0.1, -0.05) is 66.7 Å². The van der Waals surface area contributed by atoms with Gasteiger partial charge < -0.3 is 13.9 Å². The van der Waals surface area contributed by atoms with E-state index in [1.165, 1.54) is 87.9 Å². The molecule has 4 aliphatic heterocycles. The molecule has 0 aliphatic carbocycles. The molecular weight excluding hydrogens is 516 g/mol. The number of anilines is 3. The summed E-state index contributed by atoms with van der Waals surface area (Å²) in [6.45, 7) is 0.271. The van der Waals surface area contributed by atoms with Gasteiger partial charge in [-0.2, -0.15) is 0 Å². The van der Waals surface area contributed by atoms with E-state index >= 15 is 0 Å². The minimum absolute atomic E-state index is 0.132. The molecule has 11 rings (SSSR count). The molecular formula is C35H21B2N3S. The summed E-state index contributed by atoms with van der Waals surface area (Å²) in [4.78, 5) is 3.96. The smallest absolute Gasteiger partial charge is 0.333 e. The van der Waals surface area contributed by atoms with Crippen LogP contribution in [0.2, 0.25) is 0 Å². The second kappa shape index (κ2) is 7.02. The van der Waals surface area contributed by atoms with Crippen molar-refractivity contribution < 1.29 is 0 Å². The summed E-state index contributed by atoms with van der Waals surface area (Å²) in [6, 6.07) is 36.8. The van der Waals surface area contributed by atoms with Crippen LogP contribution in [0.25, 0.3) is 44.1 Å². The molecule has 0 atom stereocenters. The summed E-state index contributed by atoms with van der Waals surface area (Å²) in [7, 11) is 0. The summed E-state index contributed by atoms with van der Waals surface area (Å²) in [6.07, 6.45) is 6.86. The van der Waals surface area contributed by atoms with Gasteiger partial charge in [-0.15, -0.1) is 11.8 Å². The van der Waals surface area contributed by atoms with Gasteiger partial charge in [0.1, 0.15) is 0 Å². The van der Waals surface area contributed by atoms with Crippen molar-refractivity contribution in [3.63, 3.8) is 0 Å².